The van der Waals surface area contributed by atoms with E-state index in [1.165, 1.54) is 6.07 Å². The number of rotatable bonds is 3. The van der Waals surface area contributed by atoms with Gasteiger partial charge in [-0.2, -0.15) is 0 Å². The van der Waals surface area contributed by atoms with Gasteiger partial charge in [0, 0.05) is 16.0 Å². The second-order valence-corrected chi connectivity index (χ2v) is 5.74. The Morgan fingerprint density at radius 1 is 1.18 bits per heavy atom. The van der Waals surface area contributed by atoms with E-state index in [0.29, 0.717) is 10.6 Å². The molecule has 0 bridgehead atoms. The van der Waals surface area contributed by atoms with Gasteiger partial charge in [0.15, 0.2) is 5.78 Å². The zero-order chi connectivity index (χ0) is 13.2. The molecular formula is C13H14Cl2O2. The predicted molar refractivity (Wildman–Crippen MR) is 69.9 cm³/mol. The van der Waals surface area contributed by atoms with E-state index >= 15 is 0 Å². The van der Waals surface area contributed by atoms with E-state index in [9.17, 15) is 9.59 Å². The molecule has 92 valence electrons. The van der Waals surface area contributed by atoms with Gasteiger partial charge in [-0.15, -0.1) is 0 Å². The lowest BCUT2D eigenvalue weighted by atomic mass is 9.87. The maximum atomic E-state index is 11.9. The van der Waals surface area contributed by atoms with Gasteiger partial charge in [-0.25, -0.2) is 0 Å². The van der Waals surface area contributed by atoms with Crippen molar-refractivity contribution in [3.63, 3.8) is 0 Å². The monoisotopic (exact) mass is 272 g/mol. The number of carbonyl (C=O) groups excluding carboxylic acids is 2. The van der Waals surface area contributed by atoms with Crippen LogP contribution in [-0.4, -0.2) is 11.6 Å². The number of hydrogen-bond acceptors (Lipinski definition) is 2. The molecule has 0 amide bonds. The molecule has 0 aliphatic heterocycles. The Labute approximate surface area is 111 Å². The zero-order valence-electron chi connectivity index (χ0n) is 10.0. The van der Waals surface area contributed by atoms with Crippen LogP contribution in [0.15, 0.2) is 18.2 Å². The van der Waals surface area contributed by atoms with Crippen molar-refractivity contribution in [1.29, 1.82) is 0 Å². The fourth-order valence-corrected chi connectivity index (χ4v) is 1.74. The number of halogens is 2. The maximum absolute atomic E-state index is 11.9. The van der Waals surface area contributed by atoms with Crippen LogP contribution < -0.4 is 0 Å². The van der Waals surface area contributed by atoms with Gasteiger partial charge in [0.1, 0.15) is 5.78 Å². The van der Waals surface area contributed by atoms with E-state index < -0.39 is 5.41 Å². The molecule has 0 heterocycles. The van der Waals surface area contributed by atoms with Gasteiger partial charge < -0.3 is 0 Å². The van der Waals surface area contributed by atoms with Gasteiger partial charge >= 0.3 is 0 Å². The van der Waals surface area contributed by atoms with E-state index in [1.807, 2.05) is 0 Å². The molecule has 0 radical (unpaired) electrons. The smallest absolute Gasteiger partial charge is 0.171 e. The average Bonchev–Trinajstić information content (AvgIpc) is 2.15. The first-order valence-electron chi connectivity index (χ1n) is 5.23. The van der Waals surface area contributed by atoms with Crippen LogP contribution in [0.2, 0.25) is 10.0 Å². The SMILES string of the molecule is CC(C)(C)C(=O)CC(=O)c1ccc(Cl)cc1Cl. The third-order valence-corrected chi connectivity index (χ3v) is 2.94. The molecule has 0 spiro atoms. The summed E-state index contributed by atoms with van der Waals surface area (Å²) < 4.78 is 0. The Morgan fingerprint density at radius 3 is 2.24 bits per heavy atom. The fraction of sp³-hybridized carbons (Fsp3) is 0.385. The molecule has 4 heteroatoms. The van der Waals surface area contributed by atoms with Gasteiger partial charge in [0.25, 0.3) is 0 Å². The summed E-state index contributed by atoms with van der Waals surface area (Å²) in [5.74, 6) is -0.375. The Hall–Kier alpha value is -0.860. The quantitative estimate of drug-likeness (QED) is 0.611. The summed E-state index contributed by atoms with van der Waals surface area (Å²) in [4.78, 5) is 23.6. The highest BCUT2D eigenvalue weighted by Crippen LogP contribution is 2.24. The Morgan fingerprint density at radius 2 is 1.76 bits per heavy atom. The minimum Gasteiger partial charge on any atom is -0.299 e. The first-order chi connectivity index (χ1) is 7.71. The minimum absolute atomic E-state index is 0.103. The van der Waals surface area contributed by atoms with Crippen LogP contribution in [-0.2, 0) is 4.79 Å². The van der Waals surface area contributed by atoms with Crippen LogP contribution in [0.4, 0.5) is 0 Å². The van der Waals surface area contributed by atoms with Crippen LogP contribution in [0.5, 0.6) is 0 Å². The number of benzene rings is 1. The topological polar surface area (TPSA) is 34.1 Å². The highest BCUT2D eigenvalue weighted by Gasteiger charge is 2.24. The normalized spacial score (nSPS) is 11.4. The molecule has 0 aliphatic carbocycles. The van der Waals surface area contributed by atoms with Crippen LogP contribution in [0.1, 0.15) is 37.6 Å². The summed E-state index contributed by atoms with van der Waals surface area (Å²) in [7, 11) is 0. The van der Waals surface area contributed by atoms with Crippen LogP contribution >= 0.6 is 23.2 Å². The number of ketones is 2. The molecule has 1 aromatic rings. The standard InChI is InChI=1S/C13H14Cl2O2/c1-13(2,3)12(17)7-11(16)9-5-4-8(14)6-10(9)15/h4-6H,7H2,1-3H3. The molecule has 1 aromatic carbocycles. The summed E-state index contributed by atoms with van der Waals surface area (Å²) >= 11 is 11.6. The summed E-state index contributed by atoms with van der Waals surface area (Å²) in [5, 5.41) is 0.748. The largest absolute Gasteiger partial charge is 0.299 e. The molecule has 0 unspecified atom stereocenters. The number of carbonyl (C=O) groups is 2. The average molecular weight is 273 g/mol. The summed E-state index contributed by atoms with van der Waals surface area (Å²) in [5.41, 5.74) is -0.178. The van der Waals surface area contributed by atoms with E-state index in [0.717, 1.165) is 0 Å². The number of Topliss-reactive ketones (excluding diaryl/α,β-unsaturated/α-hetero) is 2. The third kappa shape index (κ3) is 3.83. The summed E-state index contributed by atoms with van der Waals surface area (Å²) in [6, 6.07) is 4.63. The van der Waals surface area contributed by atoms with Gasteiger partial charge in [-0.3, -0.25) is 9.59 Å². The molecule has 1 rings (SSSR count). The van der Waals surface area contributed by atoms with Gasteiger partial charge in [0.2, 0.25) is 0 Å². The Bertz CT molecular complexity index is 459. The maximum Gasteiger partial charge on any atom is 0.171 e. The molecule has 0 aromatic heterocycles. The fourth-order valence-electron chi connectivity index (χ4n) is 1.22. The van der Waals surface area contributed by atoms with Crippen molar-refractivity contribution in [2.75, 3.05) is 0 Å². The van der Waals surface area contributed by atoms with E-state index in [-0.39, 0.29) is 23.0 Å². The van der Waals surface area contributed by atoms with E-state index in [4.69, 9.17) is 23.2 Å². The molecule has 0 atom stereocenters. The van der Waals surface area contributed by atoms with Crippen molar-refractivity contribution in [2.45, 2.75) is 27.2 Å². The van der Waals surface area contributed by atoms with Crippen molar-refractivity contribution >= 4 is 34.8 Å². The second kappa shape index (κ2) is 5.19. The zero-order valence-corrected chi connectivity index (χ0v) is 11.5. The van der Waals surface area contributed by atoms with Crippen LogP contribution in [0.25, 0.3) is 0 Å². The molecule has 0 saturated heterocycles. The van der Waals surface area contributed by atoms with Crippen molar-refractivity contribution in [3.05, 3.63) is 33.8 Å². The lowest BCUT2D eigenvalue weighted by molar-refractivity contribution is -0.125. The lowest BCUT2D eigenvalue weighted by Crippen LogP contribution is -2.23. The van der Waals surface area contributed by atoms with E-state index in [1.54, 1.807) is 32.9 Å². The second-order valence-electron chi connectivity index (χ2n) is 4.90. The highest BCUT2D eigenvalue weighted by molar-refractivity contribution is 6.37. The highest BCUT2D eigenvalue weighted by atomic mass is 35.5. The van der Waals surface area contributed by atoms with Crippen LogP contribution in [0.3, 0.4) is 0 Å². The van der Waals surface area contributed by atoms with Crippen molar-refractivity contribution < 1.29 is 9.59 Å². The van der Waals surface area contributed by atoms with Crippen molar-refractivity contribution in [2.24, 2.45) is 5.41 Å². The van der Waals surface area contributed by atoms with Gasteiger partial charge in [-0.05, 0) is 18.2 Å². The molecule has 0 fully saturated rings. The summed E-state index contributed by atoms with van der Waals surface area (Å²) in [6.07, 6.45) is -0.134. The summed E-state index contributed by atoms with van der Waals surface area (Å²) in [6.45, 7) is 5.35. The first-order valence-corrected chi connectivity index (χ1v) is 5.99. The molecule has 0 N–H and O–H groups in total. The lowest BCUT2D eigenvalue weighted by Gasteiger charge is -2.15. The molecule has 0 aliphatic rings. The molecule has 17 heavy (non-hydrogen) atoms. The van der Waals surface area contributed by atoms with Crippen LogP contribution in [0, 0.1) is 5.41 Å². The number of hydrogen-bond donors (Lipinski definition) is 0. The van der Waals surface area contributed by atoms with Crippen molar-refractivity contribution in [1.82, 2.24) is 0 Å². The molecular weight excluding hydrogens is 259 g/mol. The van der Waals surface area contributed by atoms with Crippen molar-refractivity contribution in [3.8, 4) is 0 Å². The first kappa shape index (κ1) is 14.2. The molecule has 2 nitrogen and oxygen atoms in total. The molecule has 0 saturated carbocycles. The minimum atomic E-state index is -0.519. The van der Waals surface area contributed by atoms with Gasteiger partial charge in [-0.1, -0.05) is 44.0 Å². The predicted octanol–water partition coefficient (Wildman–Crippen LogP) is 4.18. The van der Waals surface area contributed by atoms with E-state index in [2.05, 4.69) is 0 Å². The Kier molecular flexibility index (Phi) is 4.34. The Balaban J connectivity index is 2.88. The van der Waals surface area contributed by atoms with Gasteiger partial charge in [0.05, 0.1) is 11.4 Å². The third-order valence-electron chi connectivity index (χ3n) is 2.39.